The molecule has 5 N–H and O–H groups in total. The van der Waals surface area contributed by atoms with Gasteiger partial charge in [-0.25, -0.2) is 0 Å². The van der Waals surface area contributed by atoms with E-state index < -0.39 is 79.4 Å². The Balaban J connectivity index is 1.64. The van der Waals surface area contributed by atoms with Crippen LogP contribution in [0.2, 0.25) is 0 Å². The highest BCUT2D eigenvalue weighted by molar-refractivity contribution is 6.38. The second-order valence-electron chi connectivity index (χ2n) is 9.19. The number of nitrogens with zero attached hydrogens (tertiary/aromatic N) is 1. The summed E-state index contributed by atoms with van der Waals surface area (Å²) in [5, 5.41) is 45.0. The topological polar surface area (TPSA) is 204 Å². The van der Waals surface area contributed by atoms with Crippen molar-refractivity contribution in [2.24, 2.45) is 5.16 Å². The molecule has 3 aliphatic carbocycles. The molecule has 0 bridgehead atoms. The second-order valence-corrected chi connectivity index (χ2v) is 9.19. The number of carbonyl (C=O) groups is 4. The van der Waals surface area contributed by atoms with Gasteiger partial charge in [-0.05, 0) is 29.9 Å². The van der Waals surface area contributed by atoms with Gasteiger partial charge in [0.05, 0.1) is 46.7 Å². The Kier molecular flexibility index (Phi) is 4.50. The molecule has 0 aliphatic heterocycles. The number of benzene rings is 2. The standard InChI is InChI=1S/C26H16N2O10/c1-38-12-6-11(29)14-15(19(12)30)21(32)17-16(20(14)31)23(34)26(24(17)35)3-2-8-4-9-5-10(7-27-37)28-25(36)13(9)22(33)18(8)26/h4-7,31-33,37H,2-3H2,1H3,(H,28,36)/b27-7+. The van der Waals surface area contributed by atoms with Crippen LogP contribution in [0, 0.1) is 0 Å². The minimum atomic E-state index is -2.11. The zero-order valence-electron chi connectivity index (χ0n) is 19.4. The fraction of sp³-hybridized carbons (Fsp3) is 0.154. The van der Waals surface area contributed by atoms with Gasteiger partial charge in [0.15, 0.2) is 23.1 Å². The van der Waals surface area contributed by atoms with Gasteiger partial charge in [-0.2, -0.15) is 0 Å². The lowest BCUT2D eigenvalue weighted by Crippen LogP contribution is -2.36. The number of aromatic amines is 1. The van der Waals surface area contributed by atoms with E-state index in [4.69, 9.17) is 9.94 Å². The quantitative estimate of drug-likeness (QED) is 0.109. The molecule has 1 aromatic heterocycles. The van der Waals surface area contributed by atoms with E-state index in [1.54, 1.807) is 0 Å². The number of phenols is 3. The molecule has 1 unspecified atom stereocenters. The van der Waals surface area contributed by atoms with Crippen LogP contribution in [0.4, 0.5) is 0 Å². The molecule has 3 aliphatic rings. The number of hydrogen-bond acceptors (Lipinski definition) is 11. The van der Waals surface area contributed by atoms with E-state index >= 15 is 0 Å². The number of Topliss-reactive ketones (excluding diaryl/α,β-unsaturated/α-hetero) is 3. The molecule has 38 heavy (non-hydrogen) atoms. The second kappa shape index (κ2) is 7.38. The summed E-state index contributed by atoms with van der Waals surface area (Å²) in [5.41, 5.74) is -5.16. The van der Waals surface area contributed by atoms with Crippen molar-refractivity contribution in [3.63, 3.8) is 0 Å². The lowest BCUT2D eigenvalue weighted by Gasteiger charge is -2.22. The number of aryl methyl sites for hydroxylation is 1. The number of allylic oxidation sites excluding steroid dienone is 2. The average Bonchev–Trinajstić information content (AvgIpc) is 3.36. The number of pyridine rings is 1. The highest BCUT2D eigenvalue weighted by atomic mass is 16.5. The Labute approximate surface area is 211 Å². The number of H-pyrrole nitrogens is 1. The molecule has 3 aromatic rings. The van der Waals surface area contributed by atoms with Gasteiger partial charge in [0.1, 0.15) is 22.7 Å². The Hall–Kier alpha value is -5.26. The number of hydrogen-bond donors (Lipinski definition) is 5. The van der Waals surface area contributed by atoms with E-state index in [-0.39, 0.29) is 34.9 Å². The van der Waals surface area contributed by atoms with Crippen LogP contribution in [0.3, 0.4) is 0 Å². The maximum Gasteiger partial charge on any atom is 0.260 e. The lowest BCUT2D eigenvalue weighted by molar-refractivity contribution is 0.0790. The van der Waals surface area contributed by atoms with E-state index in [0.717, 1.165) is 19.4 Å². The first-order chi connectivity index (χ1) is 18.1. The van der Waals surface area contributed by atoms with E-state index in [0.29, 0.717) is 5.56 Å². The number of oxime groups is 1. The molecule has 1 spiro atoms. The maximum absolute atomic E-state index is 13.9. The smallest absolute Gasteiger partial charge is 0.260 e. The van der Waals surface area contributed by atoms with Crippen LogP contribution < -0.4 is 5.56 Å². The minimum absolute atomic E-state index is 0.106. The van der Waals surface area contributed by atoms with Gasteiger partial charge >= 0.3 is 0 Å². The zero-order valence-corrected chi connectivity index (χ0v) is 19.4. The molecule has 6 rings (SSSR count). The number of aromatic nitrogens is 1. The minimum Gasteiger partial charge on any atom is -0.507 e. The first-order valence-electron chi connectivity index (χ1n) is 11.2. The normalized spacial score (nSPS) is 19.9. The highest BCUT2D eigenvalue weighted by Gasteiger charge is 2.61. The molecule has 0 saturated carbocycles. The summed E-state index contributed by atoms with van der Waals surface area (Å²) in [6, 6.07) is 2.94. The average molecular weight is 516 g/mol. The summed E-state index contributed by atoms with van der Waals surface area (Å²) in [6.07, 6.45) is 1.72. The number of ketones is 4. The lowest BCUT2D eigenvalue weighted by atomic mass is 9.76. The van der Waals surface area contributed by atoms with Crippen molar-refractivity contribution in [3.8, 4) is 17.2 Å². The summed E-state index contributed by atoms with van der Waals surface area (Å²) in [5.74, 6) is -6.81. The maximum atomic E-state index is 13.9. The molecule has 0 amide bonds. The number of carbonyl (C=O) groups excluding carboxylic acids is 4. The summed E-state index contributed by atoms with van der Waals surface area (Å²) in [4.78, 5) is 68.6. The van der Waals surface area contributed by atoms with Crippen molar-refractivity contribution in [2.45, 2.75) is 18.3 Å². The third kappa shape index (κ3) is 2.53. The van der Waals surface area contributed by atoms with Crippen LogP contribution in [0.25, 0.3) is 10.8 Å². The van der Waals surface area contributed by atoms with E-state index in [9.17, 15) is 39.3 Å². The van der Waals surface area contributed by atoms with E-state index in [2.05, 4.69) is 10.1 Å². The highest BCUT2D eigenvalue weighted by Crippen LogP contribution is 2.57. The first kappa shape index (κ1) is 23.2. The monoisotopic (exact) mass is 516 g/mol. The SMILES string of the molecule is COC1=CC(=O)c2c(O)c3c(c(O)c2C1=O)C(=O)C1(CCc2cc4cc(/C=N/O)[nH]c(=O)c4c(O)c21)C3=O. The van der Waals surface area contributed by atoms with Gasteiger partial charge in [-0.1, -0.05) is 11.2 Å². The van der Waals surface area contributed by atoms with Crippen LogP contribution in [-0.4, -0.2) is 62.0 Å². The molecule has 2 aromatic carbocycles. The summed E-state index contributed by atoms with van der Waals surface area (Å²) >= 11 is 0. The van der Waals surface area contributed by atoms with Crippen LogP contribution in [0.5, 0.6) is 17.2 Å². The van der Waals surface area contributed by atoms with Crippen LogP contribution in [0.1, 0.15) is 64.7 Å². The third-order valence-electron chi connectivity index (χ3n) is 7.46. The van der Waals surface area contributed by atoms with Gasteiger partial charge in [-0.3, -0.25) is 24.0 Å². The molecular weight excluding hydrogens is 500 g/mol. The van der Waals surface area contributed by atoms with Crippen molar-refractivity contribution in [1.82, 2.24) is 4.98 Å². The molecule has 0 fully saturated rings. The number of rotatable bonds is 2. The van der Waals surface area contributed by atoms with Crippen molar-refractivity contribution in [1.29, 1.82) is 0 Å². The Morgan fingerprint density at radius 3 is 2.24 bits per heavy atom. The van der Waals surface area contributed by atoms with E-state index in [1.807, 2.05) is 0 Å². The number of aromatic hydroxyl groups is 3. The number of ether oxygens (including phenoxy) is 1. The zero-order chi connectivity index (χ0) is 27.3. The van der Waals surface area contributed by atoms with Crippen molar-refractivity contribution in [3.05, 3.63) is 73.4 Å². The number of methoxy groups -OCH3 is 1. The predicted molar refractivity (Wildman–Crippen MR) is 128 cm³/mol. The van der Waals surface area contributed by atoms with Gasteiger partial charge in [-0.15, -0.1) is 0 Å². The number of fused-ring (bicyclic) bond motifs is 5. The third-order valence-corrected chi connectivity index (χ3v) is 7.46. The Bertz CT molecular complexity index is 1850. The van der Waals surface area contributed by atoms with Crippen LogP contribution >= 0.6 is 0 Å². The Morgan fingerprint density at radius 2 is 1.61 bits per heavy atom. The molecule has 12 heteroatoms. The molecule has 1 heterocycles. The predicted octanol–water partition coefficient (Wildman–Crippen LogP) is 1.63. The van der Waals surface area contributed by atoms with Crippen LogP contribution in [0.15, 0.2) is 33.9 Å². The van der Waals surface area contributed by atoms with Crippen molar-refractivity contribution in [2.75, 3.05) is 7.11 Å². The molecule has 0 saturated heterocycles. The number of nitrogens with one attached hydrogen (secondary N) is 1. The van der Waals surface area contributed by atoms with Gasteiger partial charge in [0.2, 0.25) is 5.78 Å². The molecular formula is C26H16N2O10. The first-order valence-corrected chi connectivity index (χ1v) is 11.2. The van der Waals surface area contributed by atoms with Gasteiger partial charge in [0, 0.05) is 11.6 Å². The van der Waals surface area contributed by atoms with Gasteiger partial charge < -0.3 is 30.2 Å². The van der Waals surface area contributed by atoms with Crippen molar-refractivity contribution < 1.29 is 44.4 Å². The molecule has 12 nitrogen and oxygen atoms in total. The fourth-order valence-corrected chi connectivity index (χ4v) is 5.89. The Morgan fingerprint density at radius 1 is 0.947 bits per heavy atom. The van der Waals surface area contributed by atoms with E-state index in [1.165, 1.54) is 12.1 Å². The van der Waals surface area contributed by atoms with Crippen molar-refractivity contribution >= 4 is 40.1 Å². The summed E-state index contributed by atoms with van der Waals surface area (Å²) in [6.45, 7) is 0. The largest absolute Gasteiger partial charge is 0.507 e. The summed E-state index contributed by atoms with van der Waals surface area (Å²) in [7, 11) is 1.12. The number of phenolic OH excluding ortho intramolecular Hbond substituents is 3. The summed E-state index contributed by atoms with van der Waals surface area (Å²) < 4.78 is 4.88. The van der Waals surface area contributed by atoms with Gasteiger partial charge in [0.25, 0.3) is 5.56 Å². The molecule has 190 valence electrons. The van der Waals surface area contributed by atoms with Crippen LogP contribution in [-0.2, 0) is 16.6 Å². The fourth-order valence-electron chi connectivity index (χ4n) is 5.89. The molecule has 0 radical (unpaired) electrons. The molecule has 1 atom stereocenters.